The van der Waals surface area contributed by atoms with Gasteiger partial charge in [0.1, 0.15) is 5.78 Å². The van der Waals surface area contributed by atoms with E-state index in [4.69, 9.17) is 0 Å². The average molecular weight is 286 g/mol. The van der Waals surface area contributed by atoms with E-state index in [-0.39, 0.29) is 0 Å². The molecule has 0 amide bonds. The molecule has 0 N–H and O–H groups in total. The van der Waals surface area contributed by atoms with Gasteiger partial charge in [-0.2, -0.15) is 0 Å². The van der Waals surface area contributed by atoms with Crippen molar-refractivity contribution in [3.05, 3.63) is 32.4 Å². The number of Topliss-reactive ketones (excluding diaryl/α,β-unsaturated/α-hetero) is 1. The van der Waals surface area contributed by atoms with Crippen LogP contribution >= 0.6 is 22.6 Å². The summed E-state index contributed by atoms with van der Waals surface area (Å²) >= 11 is 2.33. The van der Waals surface area contributed by atoms with Gasteiger partial charge >= 0.3 is 0 Å². The van der Waals surface area contributed by atoms with Gasteiger partial charge in [-0.3, -0.25) is 4.79 Å². The van der Waals surface area contributed by atoms with Gasteiger partial charge in [0.25, 0.3) is 0 Å². The van der Waals surface area contributed by atoms with Gasteiger partial charge in [0.05, 0.1) is 0 Å². The molecule has 0 unspecified atom stereocenters. The SMILES string of the molecule is Cc1cc(I)c2c(c1)CCC(=O)C2. The first kappa shape index (κ1) is 9.19. The average Bonchev–Trinajstić information content (AvgIpc) is 2.06. The molecular weight excluding hydrogens is 275 g/mol. The number of ketones is 1. The fourth-order valence-corrected chi connectivity index (χ4v) is 2.85. The van der Waals surface area contributed by atoms with Crippen LogP contribution in [0.15, 0.2) is 12.1 Å². The molecule has 1 aliphatic carbocycles. The molecule has 0 spiro atoms. The van der Waals surface area contributed by atoms with Crippen molar-refractivity contribution in [3.8, 4) is 0 Å². The number of carbonyl (C=O) groups excluding carboxylic acids is 1. The molecule has 0 atom stereocenters. The van der Waals surface area contributed by atoms with Crippen molar-refractivity contribution in [1.29, 1.82) is 0 Å². The second-order valence-corrected chi connectivity index (χ2v) is 4.76. The van der Waals surface area contributed by atoms with Crippen molar-refractivity contribution in [2.45, 2.75) is 26.2 Å². The fourth-order valence-electron chi connectivity index (χ4n) is 1.82. The molecule has 13 heavy (non-hydrogen) atoms. The minimum atomic E-state index is 0.384. The summed E-state index contributed by atoms with van der Waals surface area (Å²) in [6.07, 6.45) is 2.31. The molecule has 0 heterocycles. The largest absolute Gasteiger partial charge is 0.299 e. The van der Waals surface area contributed by atoms with Crippen LogP contribution in [-0.4, -0.2) is 5.78 Å². The van der Waals surface area contributed by atoms with Gasteiger partial charge in [-0.05, 0) is 58.7 Å². The lowest BCUT2D eigenvalue weighted by Gasteiger charge is -2.17. The zero-order valence-electron chi connectivity index (χ0n) is 7.56. The first-order valence-corrected chi connectivity index (χ1v) is 5.54. The maximum Gasteiger partial charge on any atom is 0.137 e. The molecule has 1 nitrogen and oxygen atoms in total. The van der Waals surface area contributed by atoms with Crippen molar-refractivity contribution in [1.82, 2.24) is 0 Å². The second-order valence-electron chi connectivity index (χ2n) is 3.60. The van der Waals surface area contributed by atoms with Crippen molar-refractivity contribution >= 4 is 28.4 Å². The molecule has 0 bridgehead atoms. The third kappa shape index (κ3) is 1.77. The Balaban J connectivity index is 2.53. The van der Waals surface area contributed by atoms with Crippen molar-refractivity contribution < 1.29 is 4.79 Å². The summed E-state index contributed by atoms with van der Waals surface area (Å²) in [5.74, 6) is 0.384. The maximum absolute atomic E-state index is 11.3. The third-order valence-electron chi connectivity index (χ3n) is 2.48. The number of hydrogen-bond acceptors (Lipinski definition) is 1. The van der Waals surface area contributed by atoms with Gasteiger partial charge in [-0.25, -0.2) is 0 Å². The summed E-state index contributed by atoms with van der Waals surface area (Å²) in [6.45, 7) is 2.11. The number of halogens is 1. The molecule has 0 fully saturated rings. The summed E-state index contributed by atoms with van der Waals surface area (Å²) in [6, 6.07) is 4.36. The Bertz CT molecular complexity index is 369. The molecule has 1 aliphatic rings. The molecule has 0 aromatic heterocycles. The lowest BCUT2D eigenvalue weighted by molar-refractivity contribution is -0.118. The zero-order chi connectivity index (χ0) is 9.42. The Morgan fingerprint density at radius 1 is 1.31 bits per heavy atom. The van der Waals surface area contributed by atoms with Crippen LogP contribution in [0.25, 0.3) is 0 Å². The predicted molar refractivity (Wildman–Crippen MR) is 60.9 cm³/mol. The molecule has 0 radical (unpaired) electrons. The molecule has 1 aromatic carbocycles. The molecule has 0 saturated heterocycles. The lowest BCUT2D eigenvalue weighted by atomic mass is 9.90. The number of carbonyl (C=O) groups is 1. The monoisotopic (exact) mass is 286 g/mol. The highest BCUT2D eigenvalue weighted by atomic mass is 127. The van der Waals surface area contributed by atoms with E-state index in [0.29, 0.717) is 12.2 Å². The van der Waals surface area contributed by atoms with Crippen molar-refractivity contribution in [2.24, 2.45) is 0 Å². The van der Waals surface area contributed by atoms with Crippen LogP contribution < -0.4 is 0 Å². The summed E-state index contributed by atoms with van der Waals surface area (Å²) in [7, 11) is 0. The smallest absolute Gasteiger partial charge is 0.137 e. The highest BCUT2D eigenvalue weighted by Gasteiger charge is 2.17. The van der Waals surface area contributed by atoms with Crippen molar-refractivity contribution in [3.63, 3.8) is 0 Å². The quantitative estimate of drug-likeness (QED) is 0.670. The normalized spacial score (nSPS) is 15.7. The van der Waals surface area contributed by atoms with Gasteiger partial charge in [-0.1, -0.05) is 6.07 Å². The molecular formula is C11H11IO. The van der Waals surface area contributed by atoms with Gasteiger partial charge in [0.15, 0.2) is 0 Å². The molecule has 68 valence electrons. The topological polar surface area (TPSA) is 17.1 Å². The Morgan fingerprint density at radius 2 is 2.08 bits per heavy atom. The molecule has 2 rings (SSSR count). The van der Waals surface area contributed by atoms with E-state index in [1.165, 1.54) is 20.3 Å². The van der Waals surface area contributed by atoms with Gasteiger partial charge < -0.3 is 0 Å². The molecule has 0 saturated carbocycles. The van der Waals surface area contributed by atoms with E-state index in [0.717, 1.165) is 12.8 Å². The van der Waals surface area contributed by atoms with Crippen LogP contribution in [0.5, 0.6) is 0 Å². The number of fused-ring (bicyclic) bond motifs is 1. The van der Waals surface area contributed by atoms with Gasteiger partial charge in [0, 0.05) is 16.4 Å². The first-order chi connectivity index (χ1) is 6.16. The highest BCUT2D eigenvalue weighted by Crippen LogP contribution is 2.25. The zero-order valence-corrected chi connectivity index (χ0v) is 9.72. The Labute approximate surface area is 91.7 Å². The van der Waals surface area contributed by atoms with Crippen LogP contribution in [0.1, 0.15) is 23.1 Å². The first-order valence-electron chi connectivity index (χ1n) is 4.46. The van der Waals surface area contributed by atoms with Crippen LogP contribution in [0, 0.1) is 10.5 Å². The summed E-state index contributed by atoms with van der Waals surface area (Å²) in [5.41, 5.74) is 3.95. The number of hydrogen-bond donors (Lipinski definition) is 0. The van der Waals surface area contributed by atoms with Crippen molar-refractivity contribution in [2.75, 3.05) is 0 Å². The molecule has 0 aliphatic heterocycles. The van der Waals surface area contributed by atoms with E-state index in [9.17, 15) is 4.79 Å². The summed E-state index contributed by atoms with van der Waals surface area (Å²) in [4.78, 5) is 11.3. The standard InChI is InChI=1S/C11H11IO/c1-7-4-8-2-3-9(13)6-10(8)11(12)5-7/h4-5H,2-3,6H2,1H3. The van der Waals surface area contributed by atoms with Crippen LogP contribution in [-0.2, 0) is 17.6 Å². The molecule has 2 heteroatoms. The van der Waals surface area contributed by atoms with Gasteiger partial charge in [0.2, 0.25) is 0 Å². The fraction of sp³-hybridized carbons (Fsp3) is 0.364. The Kier molecular flexibility index (Phi) is 2.41. The van der Waals surface area contributed by atoms with E-state index in [1.807, 2.05) is 0 Å². The lowest BCUT2D eigenvalue weighted by Crippen LogP contribution is -2.14. The number of benzene rings is 1. The summed E-state index contributed by atoms with van der Waals surface area (Å²) < 4.78 is 1.25. The van der Waals surface area contributed by atoms with Crippen LogP contribution in [0.3, 0.4) is 0 Å². The highest BCUT2D eigenvalue weighted by molar-refractivity contribution is 14.1. The molecule has 1 aromatic rings. The van der Waals surface area contributed by atoms with Gasteiger partial charge in [-0.15, -0.1) is 0 Å². The predicted octanol–water partition coefficient (Wildman–Crippen LogP) is 2.66. The van der Waals surface area contributed by atoms with E-state index in [1.54, 1.807) is 0 Å². The van der Waals surface area contributed by atoms with E-state index >= 15 is 0 Å². The summed E-state index contributed by atoms with van der Waals surface area (Å²) in [5, 5.41) is 0. The van der Waals surface area contributed by atoms with E-state index < -0.39 is 0 Å². The second kappa shape index (κ2) is 3.40. The van der Waals surface area contributed by atoms with Crippen LogP contribution in [0.4, 0.5) is 0 Å². The number of rotatable bonds is 0. The minimum absolute atomic E-state index is 0.384. The Morgan fingerprint density at radius 3 is 2.85 bits per heavy atom. The maximum atomic E-state index is 11.3. The minimum Gasteiger partial charge on any atom is -0.299 e. The van der Waals surface area contributed by atoms with Crippen LogP contribution in [0.2, 0.25) is 0 Å². The number of aryl methyl sites for hydroxylation is 2. The van der Waals surface area contributed by atoms with E-state index in [2.05, 4.69) is 41.6 Å². The third-order valence-corrected chi connectivity index (χ3v) is 3.44. The Hall–Kier alpha value is -0.380.